The standard InChI is InChI=1S/2C18H18N.4C11H8N.2Ir/c2*1-18(2)14-8-13-9-17(12-6-4-3-5-7-12)19-11-15(13)16(18)10-14;4*1-2-6-10(7-3-1)11-8-4-5-9-12-11;;/h2*3-6,9,11,14,16H,8,10H2,1-2H3;4*1-6,8-9H;;/q6*-1;2*+3/t14?,16-;;;;;;;/m1......./s1. The minimum Gasteiger partial charge on any atom is -0.305 e. The molecule has 0 radical (unpaired) electrons. The third-order valence-electron chi connectivity index (χ3n) is 17.2. The van der Waals surface area contributed by atoms with Gasteiger partial charge in [0.05, 0.1) is 0 Å². The van der Waals surface area contributed by atoms with Crippen molar-refractivity contribution >= 4 is 0 Å². The van der Waals surface area contributed by atoms with Crippen molar-refractivity contribution in [2.45, 2.75) is 65.2 Å². The number of benzene rings is 6. The van der Waals surface area contributed by atoms with E-state index >= 15 is 0 Å². The van der Waals surface area contributed by atoms with E-state index in [0.29, 0.717) is 10.8 Å². The molecule has 0 spiro atoms. The monoisotopic (exact) mass is 1500 g/mol. The summed E-state index contributed by atoms with van der Waals surface area (Å²) in [5.74, 6) is 3.17. The van der Waals surface area contributed by atoms with Crippen LogP contribution in [0, 0.1) is 59.1 Å². The molecule has 2 saturated carbocycles. The van der Waals surface area contributed by atoms with E-state index in [0.717, 1.165) is 91.2 Å². The van der Waals surface area contributed by atoms with Crippen molar-refractivity contribution in [3.05, 3.63) is 326 Å². The Kier molecular flexibility index (Phi) is 22.5. The first kappa shape index (κ1) is 64.0. The predicted octanol–water partition coefficient (Wildman–Crippen LogP) is 18.7. The first-order valence-corrected chi connectivity index (χ1v) is 29.6. The molecule has 436 valence electrons. The Morgan fingerprint density at radius 3 is 0.773 bits per heavy atom. The van der Waals surface area contributed by atoms with Crippen molar-refractivity contribution in [1.82, 2.24) is 29.9 Å². The minimum absolute atomic E-state index is 0. The van der Waals surface area contributed by atoms with E-state index in [2.05, 4.69) is 131 Å². The number of rotatable bonds is 6. The zero-order valence-corrected chi connectivity index (χ0v) is 54.7. The molecule has 6 aliphatic carbocycles. The smallest absolute Gasteiger partial charge is 0.305 e. The molecule has 0 amide bonds. The van der Waals surface area contributed by atoms with Gasteiger partial charge in [0, 0.05) is 37.2 Å². The molecular weight excluding hydrogens is 1430 g/mol. The molecular formula is C80H68Ir2N6. The summed E-state index contributed by atoms with van der Waals surface area (Å²) >= 11 is 0. The Balaban J connectivity index is 0.000000127. The van der Waals surface area contributed by atoms with E-state index in [1.807, 2.05) is 206 Å². The zero-order valence-electron chi connectivity index (χ0n) is 49.9. The molecule has 4 atom stereocenters. The number of nitrogens with zero attached hydrogens (tertiary/aromatic N) is 6. The molecule has 0 N–H and O–H groups in total. The fourth-order valence-corrected chi connectivity index (χ4v) is 12.0. The van der Waals surface area contributed by atoms with Crippen LogP contribution in [0.1, 0.15) is 74.6 Å². The van der Waals surface area contributed by atoms with E-state index in [1.54, 1.807) is 24.8 Å². The van der Waals surface area contributed by atoms with E-state index in [9.17, 15) is 0 Å². The fourth-order valence-electron chi connectivity index (χ4n) is 12.0. The van der Waals surface area contributed by atoms with Gasteiger partial charge in [0.1, 0.15) is 0 Å². The summed E-state index contributed by atoms with van der Waals surface area (Å²) in [5, 5.41) is 0. The van der Waals surface area contributed by atoms with Gasteiger partial charge in [0.25, 0.3) is 0 Å². The zero-order chi connectivity index (χ0) is 59.0. The Bertz CT molecular complexity index is 3420. The van der Waals surface area contributed by atoms with Gasteiger partial charge in [-0.3, -0.25) is 0 Å². The summed E-state index contributed by atoms with van der Waals surface area (Å²) in [6.07, 6.45) is 16.6. The Morgan fingerprint density at radius 1 is 0.307 bits per heavy atom. The van der Waals surface area contributed by atoms with Crippen LogP contribution in [0.15, 0.2) is 268 Å². The third kappa shape index (κ3) is 15.8. The topological polar surface area (TPSA) is 77.3 Å². The van der Waals surface area contributed by atoms with Gasteiger partial charge in [-0.2, -0.15) is 0 Å². The van der Waals surface area contributed by atoms with Gasteiger partial charge in [-0.1, -0.05) is 88.4 Å². The normalized spacial score (nSPS) is 16.7. The van der Waals surface area contributed by atoms with Crippen molar-refractivity contribution in [1.29, 1.82) is 0 Å². The van der Waals surface area contributed by atoms with Crippen molar-refractivity contribution in [3.63, 3.8) is 0 Å². The van der Waals surface area contributed by atoms with Crippen LogP contribution in [-0.2, 0) is 53.1 Å². The van der Waals surface area contributed by atoms with E-state index in [1.165, 1.54) is 47.9 Å². The molecule has 4 bridgehead atoms. The molecule has 6 aromatic heterocycles. The summed E-state index contributed by atoms with van der Waals surface area (Å²) in [5.41, 5.74) is 19.4. The largest absolute Gasteiger partial charge is 3.00 e. The predicted molar refractivity (Wildman–Crippen MR) is 348 cm³/mol. The van der Waals surface area contributed by atoms with Crippen LogP contribution in [0.5, 0.6) is 0 Å². The van der Waals surface area contributed by atoms with Crippen LogP contribution in [0.2, 0.25) is 0 Å². The second-order valence-corrected chi connectivity index (χ2v) is 23.1. The average Bonchev–Trinajstić information content (AvgIpc) is 0.782. The molecule has 8 heteroatoms. The second kappa shape index (κ2) is 30.9. The second-order valence-electron chi connectivity index (χ2n) is 23.1. The molecule has 2 fully saturated rings. The summed E-state index contributed by atoms with van der Waals surface area (Å²) in [6.45, 7) is 9.64. The van der Waals surface area contributed by atoms with Crippen molar-refractivity contribution in [3.8, 4) is 67.5 Å². The number of aromatic nitrogens is 6. The van der Waals surface area contributed by atoms with E-state index in [-0.39, 0.29) is 40.2 Å². The SMILES string of the molecule is CC1(C)C2Cc3cc(-c4[c-]cccc4)ncc3C1C2.CC1(C)C2Cc3cc(-c4[c-]cccc4)ncc3[C@H]1C2.[Ir+3].[Ir+3].[c-]1ccccc1-c1ccccn1.[c-]1ccccc1-c1ccccn1.[c-]1ccccc1-c1ccccn1.[c-]1ccccc1-c1ccccn1. The summed E-state index contributed by atoms with van der Waals surface area (Å²) in [6, 6.07) is 94.6. The van der Waals surface area contributed by atoms with Crippen LogP contribution in [0.3, 0.4) is 0 Å². The Morgan fingerprint density at radius 2 is 0.557 bits per heavy atom. The molecule has 12 aromatic rings. The Labute approximate surface area is 547 Å². The van der Waals surface area contributed by atoms with E-state index in [4.69, 9.17) is 0 Å². The molecule has 6 nitrogen and oxygen atoms in total. The average molecular weight is 1500 g/mol. The quantitative estimate of drug-likeness (QED) is 0.154. The van der Waals surface area contributed by atoms with Crippen LogP contribution in [0.25, 0.3) is 67.5 Å². The number of pyridine rings is 6. The van der Waals surface area contributed by atoms with Crippen LogP contribution >= 0.6 is 0 Å². The van der Waals surface area contributed by atoms with Crippen molar-refractivity contribution < 1.29 is 40.2 Å². The summed E-state index contributed by atoms with van der Waals surface area (Å²) < 4.78 is 0. The van der Waals surface area contributed by atoms with Gasteiger partial charge >= 0.3 is 40.2 Å². The molecule has 18 rings (SSSR count). The molecule has 3 unspecified atom stereocenters. The third-order valence-corrected chi connectivity index (χ3v) is 17.2. The van der Waals surface area contributed by atoms with Gasteiger partial charge in [-0.05, 0) is 141 Å². The molecule has 6 aliphatic rings. The first-order chi connectivity index (χ1) is 42.2. The van der Waals surface area contributed by atoms with Crippen molar-refractivity contribution in [2.24, 2.45) is 22.7 Å². The minimum atomic E-state index is 0. The van der Waals surface area contributed by atoms with Gasteiger partial charge in [-0.25, -0.2) is 0 Å². The van der Waals surface area contributed by atoms with Gasteiger partial charge in [-0.15, -0.1) is 215 Å². The molecule has 6 aromatic carbocycles. The fraction of sp³-hybridized carbons (Fsp3) is 0.175. The summed E-state index contributed by atoms with van der Waals surface area (Å²) in [4.78, 5) is 26.2. The summed E-state index contributed by atoms with van der Waals surface area (Å²) in [7, 11) is 0. The van der Waals surface area contributed by atoms with Crippen molar-refractivity contribution in [2.75, 3.05) is 0 Å². The molecule has 88 heavy (non-hydrogen) atoms. The van der Waals surface area contributed by atoms with E-state index < -0.39 is 0 Å². The maximum atomic E-state index is 4.67. The van der Waals surface area contributed by atoms with Crippen LogP contribution in [-0.4, -0.2) is 29.9 Å². The molecule has 0 aliphatic heterocycles. The van der Waals surface area contributed by atoms with Crippen LogP contribution < -0.4 is 0 Å². The maximum Gasteiger partial charge on any atom is 3.00 e. The van der Waals surface area contributed by atoms with Crippen LogP contribution in [0.4, 0.5) is 0 Å². The first-order valence-electron chi connectivity index (χ1n) is 29.6. The van der Waals surface area contributed by atoms with Gasteiger partial charge in [0.15, 0.2) is 0 Å². The number of hydrogen-bond acceptors (Lipinski definition) is 6. The maximum absolute atomic E-state index is 4.67. The molecule has 0 saturated heterocycles. The number of hydrogen-bond donors (Lipinski definition) is 0. The van der Waals surface area contributed by atoms with Gasteiger partial charge < -0.3 is 29.9 Å². The van der Waals surface area contributed by atoms with Gasteiger partial charge in [0.2, 0.25) is 0 Å². The molecule has 6 heterocycles. The Hall–Kier alpha value is -8.48.